The van der Waals surface area contributed by atoms with Crippen LogP contribution in [0.15, 0.2) is 12.1 Å². The Balaban J connectivity index is 2.93. The lowest BCUT2D eigenvalue weighted by molar-refractivity contribution is -0.385. The number of hydrogen-bond acceptors (Lipinski definition) is 5. The fourth-order valence-electron chi connectivity index (χ4n) is 2.18. The van der Waals surface area contributed by atoms with E-state index in [1.807, 2.05) is 13.0 Å². The zero-order chi connectivity index (χ0) is 15.1. The molecule has 0 amide bonds. The number of hydrogen-bond donors (Lipinski definition) is 2. The second-order valence-corrected chi connectivity index (χ2v) is 4.94. The Morgan fingerprint density at radius 2 is 2.10 bits per heavy atom. The molecule has 0 bridgehead atoms. The molecule has 0 aromatic heterocycles. The van der Waals surface area contributed by atoms with Gasteiger partial charge in [-0.15, -0.1) is 0 Å². The fraction of sp³-hybridized carbons (Fsp3) is 0.571. The number of benzene rings is 1. The van der Waals surface area contributed by atoms with E-state index >= 15 is 0 Å². The fourth-order valence-corrected chi connectivity index (χ4v) is 2.18. The molecule has 0 radical (unpaired) electrons. The number of nitrogens with one attached hydrogen (secondary N) is 1. The summed E-state index contributed by atoms with van der Waals surface area (Å²) in [4.78, 5) is 10.6. The first-order valence-corrected chi connectivity index (χ1v) is 6.70. The summed E-state index contributed by atoms with van der Waals surface area (Å²) >= 11 is 0. The van der Waals surface area contributed by atoms with Crippen molar-refractivity contribution in [1.29, 1.82) is 0 Å². The summed E-state index contributed by atoms with van der Waals surface area (Å²) in [6.45, 7) is 4.85. The largest absolute Gasteiger partial charge is 0.383 e. The molecule has 0 aliphatic carbocycles. The molecule has 1 unspecified atom stereocenters. The molecular formula is C14H23N3O3. The van der Waals surface area contributed by atoms with Gasteiger partial charge in [-0.2, -0.15) is 0 Å². The van der Waals surface area contributed by atoms with Gasteiger partial charge in [-0.1, -0.05) is 0 Å². The molecule has 0 heterocycles. The molecule has 0 saturated heterocycles. The van der Waals surface area contributed by atoms with Crippen LogP contribution in [0.2, 0.25) is 0 Å². The Morgan fingerprint density at radius 1 is 1.40 bits per heavy atom. The quantitative estimate of drug-likeness (QED) is 0.564. The average Bonchev–Trinajstić information content (AvgIpc) is 2.38. The smallest absolute Gasteiger partial charge is 0.274 e. The predicted octanol–water partition coefficient (Wildman–Crippen LogP) is 2.38. The van der Waals surface area contributed by atoms with Gasteiger partial charge in [-0.25, -0.2) is 0 Å². The highest BCUT2D eigenvalue weighted by Gasteiger charge is 2.16. The Kier molecular flexibility index (Phi) is 6.41. The number of nitro groups is 1. The summed E-state index contributed by atoms with van der Waals surface area (Å²) in [6, 6.07) is 3.52. The van der Waals surface area contributed by atoms with Crippen molar-refractivity contribution in [3.05, 3.63) is 33.4 Å². The third kappa shape index (κ3) is 4.47. The molecule has 6 nitrogen and oxygen atoms in total. The molecule has 0 spiro atoms. The molecule has 1 aromatic carbocycles. The van der Waals surface area contributed by atoms with Gasteiger partial charge in [-0.3, -0.25) is 10.1 Å². The van der Waals surface area contributed by atoms with E-state index in [9.17, 15) is 10.1 Å². The van der Waals surface area contributed by atoms with Gasteiger partial charge in [0, 0.05) is 30.5 Å². The number of rotatable bonds is 8. The number of methoxy groups -OCH3 is 1. The molecule has 0 fully saturated rings. The summed E-state index contributed by atoms with van der Waals surface area (Å²) in [5, 5.41) is 14.3. The third-order valence-electron chi connectivity index (χ3n) is 3.22. The van der Waals surface area contributed by atoms with E-state index in [0.29, 0.717) is 18.7 Å². The minimum atomic E-state index is -0.356. The topological polar surface area (TPSA) is 90.4 Å². The van der Waals surface area contributed by atoms with E-state index in [1.165, 1.54) is 0 Å². The molecule has 1 rings (SSSR count). The molecule has 0 aliphatic rings. The number of aryl methyl sites for hydroxylation is 2. The van der Waals surface area contributed by atoms with Crippen LogP contribution in [0.1, 0.15) is 24.0 Å². The highest BCUT2D eigenvalue weighted by molar-refractivity contribution is 5.60. The summed E-state index contributed by atoms with van der Waals surface area (Å²) < 4.78 is 5.18. The minimum Gasteiger partial charge on any atom is -0.383 e. The van der Waals surface area contributed by atoms with Crippen molar-refractivity contribution in [3.8, 4) is 0 Å². The lowest BCUT2D eigenvalue weighted by atomic mass is 10.1. The maximum absolute atomic E-state index is 11.0. The van der Waals surface area contributed by atoms with Crippen LogP contribution < -0.4 is 11.1 Å². The van der Waals surface area contributed by atoms with Crippen molar-refractivity contribution in [2.75, 3.05) is 25.6 Å². The third-order valence-corrected chi connectivity index (χ3v) is 3.22. The SMILES string of the molecule is COCC(CCCN)Nc1cc([N+](=O)[O-])c(C)cc1C. The van der Waals surface area contributed by atoms with Gasteiger partial charge in [0.15, 0.2) is 0 Å². The molecule has 1 atom stereocenters. The van der Waals surface area contributed by atoms with Crippen LogP contribution >= 0.6 is 0 Å². The van der Waals surface area contributed by atoms with Crippen molar-refractivity contribution < 1.29 is 9.66 Å². The molecule has 6 heteroatoms. The van der Waals surface area contributed by atoms with E-state index in [1.54, 1.807) is 20.1 Å². The normalized spacial score (nSPS) is 12.2. The van der Waals surface area contributed by atoms with E-state index in [-0.39, 0.29) is 16.7 Å². The molecule has 0 saturated carbocycles. The first-order valence-electron chi connectivity index (χ1n) is 6.70. The summed E-state index contributed by atoms with van der Waals surface area (Å²) in [7, 11) is 1.64. The Hall–Kier alpha value is -1.66. The van der Waals surface area contributed by atoms with Crippen molar-refractivity contribution in [3.63, 3.8) is 0 Å². The van der Waals surface area contributed by atoms with Crippen molar-refractivity contribution in [1.82, 2.24) is 0 Å². The van der Waals surface area contributed by atoms with Crippen LogP contribution in [-0.2, 0) is 4.74 Å². The van der Waals surface area contributed by atoms with Crippen LogP contribution in [0.25, 0.3) is 0 Å². The molecular weight excluding hydrogens is 258 g/mol. The number of nitrogens with zero attached hydrogens (tertiary/aromatic N) is 1. The predicted molar refractivity (Wildman–Crippen MR) is 80.1 cm³/mol. The highest BCUT2D eigenvalue weighted by Crippen LogP contribution is 2.27. The zero-order valence-electron chi connectivity index (χ0n) is 12.3. The number of nitrogens with two attached hydrogens (primary N) is 1. The molecule has 0 aliphatic heterocycles. The van der Waals surface area contributed by atoms with Gasteiger partial charge in [0.1, 0.15) is 0 Å². The van der Waals surface area contributed by atoms with Crippen LogP contribution in [0.4, 0.5) is 11.4 Å². The van der Waals surface area contributed by atoms with Crippen LogP contribution in [0.5, 0.6) is 0 Å². The van der Waals surface area contributed by atoms with Gasteiger partial charge in [0.25, 0.3) is 5.69 Å². The van der Waals surface area contributed by atoms with E-state index in [4.69, 9.17) is 10.5 Å². The number of anilines is 1. The molecule has 1 aromatic rings. The first-order chi connectivity index (χ1) is 9.49. The Morgan fingerprint density at radius 3 is 2.65 bits per heavy atom. The maximum atomic E-state index is 11.0. The van der Waals surface area contributed by atoms with Crippen molar-refractivity contribution in [2.45, 2.75) is 32.7 Å². The standard InChI is InChI=1S/C14H23N3O3/c1-10-7-11(2)14(17(18)19)8-13(10)16-12(9-20-3)5-4-6-15/h7-8,12,16H,4-6,9,15H2,1-3H3. The van der Waals surface area contributed by atoms with Crippen LogP contribution in [-0.4, -0.2) is 31.2 Å². The maximum Gasteiger partial charge on any atom is 0.274 e. The zero-order valence-corrected chi connectivity index (χ0v) is 12.3. The van der Waals surface area contributed by atoms with E-state index in [0.717, 1.165) is 24.1 Å². The van der Waals surface area contributed by atoms with Crippen LogP contribution in [0, 0.1) is 24.0 Å². The van der Waals surface area contributed by atoms with E-state index in [2.05, 4.69) is 5.32 Å². The first kappa shape index (κ1) is 16.4. The van der Waals surface area contributed by atoms with Gasteiger partial charge < -0.3 is 15.8 Å². The highest BCUT2D eigenvalue weighted by atomic mass is 16.6. The average molecular weight is 281 g/mol. The lowest BCUT2D eigenvalue weighted by Gasteiger charge is -2.20. The monoisotopic (exact) mass is 281 g/mol. The molecule has 112 valence electrons. The van der Waals surface area contributed by atoms with Crippen molar-refractivity contribution >= 4 is 11.4 Å². The minimum absolute atomic E-state index is 0.101. The van der Waals surface area contributed by atoms with Crippen molar-refractivity contribution in [2.24, 2.45) is 5.73 Å². The molecule has 20 heavy (non-hydrogen) atoms. The lowest BCUT2D eigenvalue weighted by Crippen LogP contribution is -2.26. The summed E-state index contributed by atoms with van der Waals surface area (Å²) in [5.74, 6) is 0. The van der Waals surface area contributed by atoms with Crippen LogP contribution in [0.3, 0.4) is 0 Å². The second kappa shape index (κ2) is 7.81. The Labute approximate surface area is 119 Å². The van der Waals surface area contributed by atoms with Gasteiger partial charge in [0.05, 0.1) is 11.5 Å². The summed E-state index contributed by atoms with van der Waals surface area (Å²) in [5.41, 5.74) is 8.09. The van der Waals surface area contributed by atoms with Gasteiger partial charge >= 0.3 is 0 Å². The Bertz CT molecular complexity index is 463. The summed E-state index contributed by atoms with van der Waals surface area (Å²) in [6.07, 6.45) is 1.75. The number of ether oxygens (including phenoxy) is 1. The second-order valence-electron chi connectivity index (χ2n) is 4.94. The van der Waals surface area contributed by atoms with Gasteiger partial charge in [-0.05, 0) is 44.9 Å². The number of nitro benzene ring substituents is 1. The molecule has 3 N–H and O–H groups in total. The van der Waals surface area contributed by atoms with Gasteiger partial charge in [0.2, 0.25) is 0 Å². The van der Waals surface area contributed by atoms with E-state index < -0.39 is 0 Å².